The summed E-state index contributed by atoms with van der Waals surface area (Å²) in [6.07, 6.45) is 0. The molecule has 0 atom stereocenters. The van der Waals surface area contributed by atoms with Crippen LogP contribution in [0.15, 0.2) is 12.1 Å². The van der Waals surface area contributed by atoms with Crippen molar-refractivity contribution in [3.05, 3.63) is 17.7 Å². The van der Waals surface area contributed by atoms with Crippen molar-refractivity contribution in [2.75, 3.05) is 32.5 Å². The highest BCUT2D eigenvalue weighted by Gasteiger charge is 2.14. The van der Waals surface area contributed by atoms with E-state index in [1.807, 2.05) is 13.8 Å². The monoisotopic (exact) mass is 284 g/mol. The number of nitrogen functional groups attached to an aromatic ring is 1. The molecule has 1 aromatic rings. The number of ether oxygens (including phenoxy) is 4. The fourth-order valence-electron chi connectivity index (χ4n) is 1.39. The van der Waals surface area contributed by atoms with Crippen molar-refractivity contribution in [1.82, 2.24) is 0 Å². The molecule has 0 radical (unpaired) electrons. The van der Waals surface area contributed by atoms with Gasteiger partial charge in [-0.2, -0.15) is 0 Å². The molecule has 0 fully saturated rings. The molecule has 1 amide bonds. The molecule has 7 nitrogen and oxygen atoms in total. The summed E-state index contributed by atoms with van der Waals surface area (Å²) in [5, 5.41) is 0. The fraction of sp³-hybridized carbons (Fsp3) is 0.462. The smallest absolute Gasteiger partial charge is 0.250 e. The second kappa shape index (κ2) is 8.23. The number of hydrogen-bond acceptors (Lipinski definition) is 6. The van der Waals surface area contributed by atoms with Gasteiger partial charge in [-0.3, -0.25) is 4.79 Å². The van der Waals surface area contributed by atoms with Crippen LogP contribution in [-0.2, 0) is 9.47 Å². The first kappa shape index (κ1) is 16.1. The third-order valence-electron chi connectivity index (χ3n) is 2.39. The van der Waals surface area contributed by atoms with Crippen LogP contribution in [0, 0.1) is 0 Å². The zero-order valence-corrected chi connectivity index (χ0v) is 11.7. The molecule has 7 heteroatoms. The van der Waals surface area contributed by atoms with E-state index in [2.05, 4.69) is 0 Å². The number of hydrogen-bond donors (Lipinski definition) is 2. The summed E-state index contributed by atoms with van der Waals surface area (Å²) in [6, 6.07) is 2.90. The lowest BCUT2D eigenvalue weighted by Crippen LogP contribution is -2.15. The molecule has 0 unspecified atom stereocenters. The Morgan fingerprint density at radius 2 is 1.55 bits per heavy atom. The Hall–Kier alpha value is -1.99. The molecule has 0 saturated carbocycles. The number of anilines is 1. The van der Waals surface area contributed by atoms with E-state index in [0.717, 1.165) is 0 Å². The molecule has 0 aliphatic heterocycles. The van der Waals surface area contributed by atoms with Crippen LogP contribution in [-0.4, -0.2) is 32.7 Å². The van der Waals surface area contributed by atoms with E-state index in [1.54, 1.807) is 0 Å². The molecule has 4 N–H and O–H groups in total. The van der Waals surface area contributed by atoms with Gasteiger partial charge < -0.3 is 30.4 Å². The maximum absolute atomic E-state index is 11.3. The third kappa shape index (κ3) is 4.60. The van der Waals surface area contributed by atoms with E-state index in [9.17, 15) is 4.79 Å². The van der Waals surface area contributed by atoms with Gasteiger partial charge in [0.1, 0.15) is 0 Å². The van der Waals surface area contributed by atoms with E-state index < -0.39 is 5.91 Å². The summed E-state index contributed by atoms with van der Waals surface area (Å²) >= 11 is 0. The second-order valence-corrected chi connectivity index (χ2v) is 3.76. The van der Waals surface area contributed by atoms with Gasteiger partial charge in [-0.25, -0.2) is 0 Å². The third-order valence-corrected chi connectivity index (χ3v) is 2.39. The molecule has 20 heavy (non-hydrogen) atoms. The number of nitrogens with two attached hydrogens (primary N) is 2. The predicted molar refractivity (Wildman–Crippen MR) is 73.6 cm³/mol. The van der Waals surface area contributed by atoms with Crippen molar-refractivity contribution in [1.29, 1.82) is 0 Å². The van der Waals surface area contributed by atoms with Crippen LogP contribution in [0.5, 0.6) is 11.5 Å². The van der Waals surface area contributed by atoms with E-state index >= 15 is 0 Å². The lowest BCUT2D eigenvalue weighted by molar-refractivity contribution is 0.00606. The van der Waals surface area contributed by atoms with Gasteiger partial charge in [0.2, 0.25) is 0 Å². The molecule has 112 valence electrons. The molecule has 0 aliphatic carbocycles. The van der Waals surface area contributed by atoms with Crippen LogP contribution in [0.3, 0.4) is 0 Å². The number of carbonyl (C=O) groups excluding carboxylic acids is 1. The first-order chi connectivity index (χ1) is 9.60. The standard InChI is InChI=1S/C13H20N2O5/c1-3-17-7-19-11-5-9(13(15)16)10(14)6-12(11)20-8-18-4-2/h5-6H,3-4,7-8,14H2,1-2H3,(H2,15,16). The molecule has 1 aromatic carbocycles. The molecule has 0 bridgehead atoms. The van der Waals surface area contributed by atoms with Crippen molar-refractivity contribution in [2.24, 2.45) is 5.73 Å². The minimum absolute atomic E-state index is 0.0314. The number of benzene rings is 1. The van der Waals surface area contributed by atoms with Crippen LogP contribution < -0.4 is 20.9 Å². The molecule has 0 heterocycles. The van der Waals surface area contributed by atoms with Crippen LogP contribution >= 0.6 is 0 Å². The van der Waals surface area contributed by atoms with Crippen LogP contribution in [0.1, 0.15) is 24.2 Å². The average molecular weight is 284 g/mol. The topological polar surface area (TPSA) is 106 Å². The molecule has 0 aromatic heterocycles. The van der Waals surface area contributed by atoms with Crippen molar-refractivity contribution < 1.29 is 23.7 Å². The minimum atomic E-state index is -0.639. The summed E-state index contributed by atoms with van der Waals surface area (Å²) < 4.78 is 21.0. The lowest BCUT2D eigenvalue weighted by atomic mass is 10.1. The lowest BCUT2D eigenvalue weighted by Gasteiger charge is -2.14. The Labute approximate surface area is 117 Å². The van der Waals surface area contributed by atoms with Gasteiger partial charge in [-0.15, -0.1) is 0 Å². The number of amides is 1. The van der Waals surface area contributed by atoms with E-state index in [-0.39, 0.29) is 24.8 Å². The molecular weight excluding hydrogens is 264 g/mol. The molecular formula is C13H20N2O5. The average Bonchev–Trinajstić information content (AvgIpc) is 2.41. The van der Waals surface area contributed by atoms with Gasteiger partial charge in [-0.05, 0) is 19.9 Å². The Bertz CT molecular complexity index is 451. The van der Waals surface area contributed by atoms with Gasteiger partial charge in [-0.1, -0.05) is 0 Å². The summed E-state index contributed by atoms with van der Waals surface area (Å²) in [7, 11) is 0. The minimum Gasteiger partial charge on any atom is -0.464 e. The fourth-order valence-corrected chi connectivity index (χ4v) is 1.39. The van der Waals surface area contributed by atoms with Gasteiger partial charge in [0.05, 0.1) is 5.56 Å². The van der Waals surface area contributed by atoms with Crippen molar-refractivity contribution >= 4 is 11.6 Å². The second-order valence-electron chi connectivity index (χ2n) is 3.76. The normalized spacial score (nSPS) is 10.3. The molecule has 1 rings (SSSR count). The zero-order chi connectivity index (χ0) is 15.0. The van der Waals surface area contributed by atoms with Crippen LogP contribution in [0.2, 0.25) is 0 Å². The largest absolute Gasteiger partial charge is 0.464 e. The quantitative estimate of drug-likeness (QED) is 0.400. The summed E-state index contributed by atoms with van der Waals surface area (Å²) in [5.41, 5.74) is 11.4. The highest BCUT2D eigenvalue weighted by Crippen LogP contribution is 2.32. The van der Waals surface area contributed by atoms with Crippen molar-refractivity contribution in [3.8, 4) is 11.5 Å². The molecule has 0 saturated heterocycles. The SMILES string of the molecule is CCOCOc1cc(N)c(C(N)=O)cc1OCOCC. The van der Waals surface area contributed by atoms with Crippen molar-refractivity contribution in [2.45, 2.75) is 13.8 Å². The predicted octanol–water partition coefficient (Wildman–Crippen LogP) is 1.11. The molecule has 0 aliphatic rings. The van der Waals surface area contributed by atoms with Gasteiger partial charge in [0, 0.05) is 25.0 Å². The number of primary amides is 1. The Kier molecular flexibility index (Phi) is 6.61. The summed E-state index contributed by atoms with van der Waals surface area (Å²) in [5.74, 6) is 0.0434. The Morgan fingerprint density at radius 3 is 2.00 bits per heavy atom. The van der Waals surface area contributed by atoms with E-state index in [1.165, 1.54) is 12.1 Å². The number of rotatable bonds is 9. The summed E-state index contributed by atoms with van der Waals surface area (Å²) in [4.78, 5) is 11.3. The Morgan fingerprint density at radius 1 is 1.05 bits per heavy atom. The van der Waals surface area contributed by atoms with Crippen molar-refractivity contribution in [3.63, 3.8) is 0 Å². The maximum atomic E-state index is 11.3. The first-order valence-electron chi connectivity index (χ1n) is 6.24. The van der Waals surface area contributed by atoms with Gasteiger partial charge in [0.15, 0.2) is 25.1 Å². The van der Waals surface area contributed by atoms with Crippen LogP contribution in [0.25, 0.3) is 0 Å². The van der Waals surface area contributed by atoms with E-state index in [0.29, 0.717) is 24.7 Å². The maximum Gasteiger partial charge on any atom is 0.250 e. The van der Waals surface area contributed by atoms with E-state index in [4.69, 9.17) is 30.4 Å². The summed E-state index contributed by atoms with van der Waals surface area (Å²) in [6.45, 7) is 4.80. The Balaban J connectivity index is 2.93. The van der Waals surface area contributed by atoms with Gasteiger partial charge in [0.25, 0.3) is 5.91 Å². The van der Waals surface area contributed by atoms with Gasteiger partial charge >= 0.3 is 0 Å². The first-order valence-corrected chi connectivity index (χ1v) is 6.24. The molecule has 0 spiro atoms. The number of carbonyl (C=O) groups is 1. The highest BCUT2D eigenvalue weighted by molar-refractivity contribution is 5.98. The highest BCUT2D eigenvalue weighted by atomic mass is 16.7. The zero-order valence-electron chi connectivity index (χ0n) is 11.7. The van der Waals surface area contributed by atoms with Crippen LogP contribution in [0.4, 0.5) is 5.69 Å².